The summed E-state index contributed by atoms with van der Waals surface area (Å²) in [7, 11) is -3.86. The second-order valence-corrected chi connectivity index (χ2v) is 6.66. The second kappa shape index (κ2) is 5.96. The third-order valence-corrected chi connectivity index (χ3v) is 4.51. The minimum atomic E-state index is -3.86. The van der Waals surface area contributed by atoms with E-state index >= 15 is 0 Å². The molecule has 8 heteroatoms. The van der Waals surface area contributed by atoms with Crippen LogP contribution >= 0.6 is 0 Å². The molecule has 106 valence electrons. The van der Waals surface area contributed by atoms with Crippen molar-refractivity contribution in [1.29, 1.82) is 0 Å². The van der Waals surface area contributed by atoms with E-state index < -0.39 is 28.8 Å². The first-order valence-corrected chi connectivity index (χ1v) is 7.31. The molecule has 1 saturated heterocycles. The van der Waals surface area contributed by atoms with E-state index in [1.807, 2.05) is 18.6 Å². The lowest BCUT2D eigenvalue weighted by Crippen LogP contribution is -2.53. The molecule has 1 aliphatic heterocycles. The van der Waals surface area contributed by atoms with E-state index in [2.05, 4.69) is 0 Å². The molecule has 1 fully saturated rings. The zero-order chi connectivity index (χ0) is 13.9. The summed E-state index contributed by atoms with van der Waals surface area (Å²) < 4.78 is 27.2. The Labute approximate surface area is 107 Å². The standard InChI is InChI=1S/C10H20N2O5S/c1-7-3-8(2)5-12(4-7)18(16,17)11-9(6-13)10(14)15/h7-9,11,13H,3-6H2,1-2H3,(H,14,15)/t7?,8?,9-/m1/s1. The molecule has 18 heavy (non-hydrogen) atoms. The molecule has 0 saturated carbocycles. The highest BCUT2D eigenvalue weighted by molar-refractivity contribution is 7.87. The number of hydrogen-bond donors (Lipinski definition) is 3. The fraction of sp³-hybridized carbons (Fsp3) is 0.900. The number of aliphatic hydroxyl groups is 1. The number of carboxylic acids is 1. The topological polar surface area (TPSA) is 107 Å². The molecule has 0 aromatic rings. The third-order valence-electron chi connectivity index (χ3n) is 2.95. The first-order chi connectivity index (χ1) is 8.26. The van der Waals surface area contributed by atoms with E-state index in [1.165, 1.54) is 4.31 Å². The molecular formula is C10H20N2O5S. The predicted molar refractivity (Wildman–Crippen MR) is 65.1 cm³/mol. The van der Waals surface area contributed by atoms with Crippen molar-refractivity contribution >= 4 is 16.2 Å². The maximum atomic E-state index is 12.0. The van der Waals surface area contributed by atoms with Crippen LogP contribution in [-0.4, -0.2) is 54.6 Å². The minimum Gasteiger partial charge on any atom is -0.480 e. The van der Waals surface area contributed by atoms with Gasteiger partial charge in [0.05, 0.1) is 6.61 Å². The monoisotopic (exact) mass is 280 g/mol. The van der Waals surface area contributed by atoms with Gasteiger partial charge in [0.25, 0.3) is 10.2 Å². The number of nitrogens with one attached hydrogen (secondary N) is 1. The fourth-order valence-corrected chi connectivity index (χ4v) is 3.81. The van der Waals surface area contributed by atoms with Crippen molar-refractivity contribution in [2.45, 2.75) is 26.3 Å². The highest BCUT2D eigenvalue weighted by atomic mass is 32.2. The van der Waals surface area contributed by atoms with E-state index in [0.717, 1.165) is 6.42 Å². The fourth-order valence-electron chi connectivity index (χ4n) is 2.22. The lowest BCUT2D eigenvalue weighted by Gasteiger charge is -2.34. The quantitative estimate of drug-likeness (QED) is 0.614. The molecule has 0 spiro atoms. The molecule has 0 aromatic heterocycles. The van der Waals surface area contributed by atoms with Gasteiger partial charge in [-0.3, -0.25) is 4.79 Å². The number of carboxylic acid groups (broad SMARTS) is 1. The van der Waals surface area contributed by atoms with Crippen LogP contribution in [0.4, 0.5) is 0 Å². The number of carbonyl (C=O) groups is 1. The molecule has 3 N–H and O–H groups in total. The van der Waals surface area contributed by atoms with Gasteiger partial charge in [0.2, 0.25) is 0 Å². The first kappa shape index (κ1) is 15.4. The van der Waals surface area contributed by atoms with Crippen LogP contribution in [0.1, 0.15) is 20.3 Å². The summed E-state index contributed by atoms with van der Waals surface area (Å²) in [5.41, 5.74) is 0. The van der Waals surface area contributed by atoms with Crippen molar-refractivity contribution in [2.24, 2.45) is 11.8 Å². The van der Waals surface area contributed by atoms with Gasteiger partial charge in [-0.15, -0.1) is 0 Å². The van der Waals surface area contributed by atoms with Crippen LogP contribution in [0.2, 0.25) is 0 Å². The van der Waals surface area contributed by atoms with Crippen molar-refractivity contribution in [1.82, 2.24) is 9.03 Å². The van der Waals surface area contributed by atoms with Gasteiger partial charge in [0, 0.05) is 13.1 Å². The van der Waals surface area contributed by atoms with Gasteiger partial charge in [0.15, 0.2) is 0 Å². The predicted octanol–water partition coefficient (Wildman–Crippen LogP) is -0.756. The Balaban J connectivity index is 2.76. The molecule has 1 aliphatic rings. The second-order valence-electron chi connectivity index (χ2n) is 4.96. The smallest absolute Gasteiger partial charge is 0.324 e. The number of nitrogens with zero attached hydrogens (tertiary/aromatic N) is 1. The van der Waals surface area contributed by atoms with Gasteiger partial charge in [-0.25, -0.2) is 0 Å². The summed E-state index contributed by atoms with van der Waals surface area (Å²) in [5.74, 6) is -0.912. The van der Waals surface area contributed by atoms with E-state index in [9.17, 15) is 13.2 Å². The van der Waals surface area contributed by atoms with Crippen LogP contribution in [0.15, 0.2) is 0 Å². The Morgan fingerprint density at radius 2 is 1.89 bits per heavy atom. The lowest BCUT2D eigenvalue weighted by molar-refractivity contribution is -0.139. The highest BCUT2D eigenvalue weighted by Gasteiger charge is 2.33. The summed E-state index contributed by atoms with van der Waals surface area (Å²) in [5, 5.41) is 17.6. The zero-order valence-electron chi connectivity index (χ0n) is 10.5. The first-order valence-electron chi connectivity index (χ1n) is 5.87. The Kier molecular flexibility index (Phi) is 5.09. The molecule has 2 unspecified atom stereocenters. The zero-order valence-corrected chi connectivity index (χ0v) is 11.4. The molecular weight excluding hydrogens is 260 g/mol. The normalized spacial score (nSPS) is 27.9. The molecule has 0 radical (unpaired) electrons. The maximum Gasteiger partial charge on any atom is 0.324 e. The summed E-state index contributed by atoms with van der Waals surface area (Å²) in [6, 6.07) is -1.50. The number of piperidine rings is 1. The Morgan fingerprint density at radius 1 is 1.39 bits per heavy atom. The summed E-state index contributed by atoms with van der Waals surface area (Å²) in [6.07, 6.45) is 0.953. The van der Waals surface area contributed by atoms with Crippen LogP contribution in [-0.2, 0) is 15.0 Å². The number of aliphatic carboxylic acids is 1. The molecule has 0 aliphatic carbocycles. The maximum absolute atomic E-state index is 12.0. The van der Waals surface area contributed by atoms with E-state index in [4.69, 9.17) is 10.2 Å². The van der Waals surface area contributed by atoms with Crippen LogP contribution in [0.5, 0.6) is 0 Å². The molecule has 0 bridgehead atoms. The summed E-state index contributed by atoms with van der Waals surface area (Å²) in [4.78, 5) is 10.7. The van der Waals surface area contributed by atoms with Crippen molar-refractivity contribution in [2.75, 3.05) is 19.7 Å². The molecule has 3 atom stereocenters. The number of aliphatic hydroxyl groups excluding tert-OH is 1. The van der Waals surface area contributed by atoms with Gasteiger partial charge in [-0.05, 0) is 18.3 Å². The van der Waals surface area contributed by atoms with Crippen LogP contribution in [0.3, 0.4) is 0 Å². The van der Waals surface area contributed by atoms with Gasteiger partial charge < -0.3 is 10.2 Å². The SMILES string of the molecule is CC1CC(C)CN(S(=O)(=O)N[C@H](CO)C(=O)O)C1. The van der Waals surface area contributed by atoms with Gasteiger partial charge in [-0.1, -0.05) is 13.8 Å². The molecule has 0 amide bonds. The highest BCUT2D eigenvalue weighted by Crippen LogP contribution is 2.22. The Bertz CT molecular complexity index is 387. The van der Waals surface area contributed by atoms with E-state index in [0.29, 0.717) is 13.1 Å². The average molecular weight is 280 g/mol. The van der Waals surface area contributed by atoms with Gasteiger partial charge >= 0.3 is 5.97 Å². The van der Waals surface area contributed by atoms with Gasteiger partial charge in [-0.2, -0.15) is 17.4 Å². The summed E-state index contributed by atoms with van der Waals surface area (Å²) in [6.45, 7) is 3.89. The Morgan fingerprint density at radius 3 is 2.28 bits per heavy atom. The van der Waals surface area contributed by atoms with Gasteiger partial charge in [0.1, 0.15) is 6.04 Å². The third kappa shape index (κ3) is 3.91. The van der Waals surface area contributed by atoms with Crippen molar-refractivity contribution in [3.8, 4) is 0 Å². The van der Waals surface area contributed by atoms with E-state index in [1.54, 1.807) is 0 Å². The van der Waals surface area contributed by atoms with E-state index in [-0.39, 0.29) is 11.8 Å². The molecule has 1 rings (SSSR count). The van der Waals surface area contributed by atoms with Crippen molar-refractivity contribution < 1.29 is 23.4 Å². The minimum absolute atomic E-state index is 0.239. The van der Waals surface area contributed by atoms with Crippen LogP contribution < -0.4 is 4.72 Å². The van der Waals surface area contributed by atoms with Crippen molar-refractivity contribution in [3.63, 3.8) is 0 Å². The Hall–Kier alpha value is -0.700. The van der Waals surface area contributed by atoms with Crippen LogP contribution in [0, 0.1) is 11.8 Å². The number of rotatable bonds is 5. The molecule has 1 heterocycles. The van der Waals surface area contributed by atoms with Crippen molar-refractivity contribution in [3.05, 3.63) is 0 Å². The largest absolute Gasteiger partial charge is 0.480 e. The number of hydrogen-bond acceptors (Lipinski definition) is 4. The molecule has 7 nitrogen and oxygen atoms in total. The molecule has 0 aromatic carbocycles. The lowest BCUT2D eigenvalue weighted by atomic mass is 9.94. The van der Waals surface area contributed by atoms with Crippen LogP contribution in [0.25, 0.3) is 0 Å². The average Bonchev–Trinajstić information content (AvgIpc) is 2.24. The summed E-state index contributed by atoms with van der Waals surface area (Å²) >= 11 is 0.